The summed E-state index contributed by atoms with van der Waals surface area (Å²) in [5, 5.41) is 9.64. The van der Waals surface area contributed by atoms with E-state index in [1.165, 1.54) is 35.9 Å². The minimum atomic E-state index is 0.0248. The highest BCUT2D eigenvalue weighted by Crippen LogP contribution is 2.36. The van der Waals surface area contributed by atoms with Crippen LogP contribution in [0.3, 0.4) is 0 Å². The van der Waals surface area contributed by atoms with Crippen molar-refractivity contribution in [1.82, 2.24) is 19.7 Å². The monoisotopic (exact) mass is 356 g/mol. The SMILES string of the molecule is Cc1cc(C)n(CCNC(=O)c2cc3sccc3n2C2CCCC2)n1. The Balaban J connectivity index is 1.50. The van der Waals surface area contributed by atoms with Crippen LogP contribution >= 0.6 is 11.3 Å². The van der Waals surface area contributed by atoms with E-state index >= 15 is 0 Å². The minimum Gasteiger partial charge on any atom is -0.349 e. The zero-order valence-corrected chi connectivity index (χ0v) is 15.6. The average molecular weight is 356 g/mol. The predicted molar refractivity (Wildman–Crippen MR) is 101 cm³/mol. The van der Waals surface area contributed by atoms with Crippen LogP contribution < -0.4 is 5.32 Å². The molecule has 0 radical (unpaired) electrons. The fraction of sp³-hybridized carbons (Fsp3) is 0.474. The van der Waals surface area contributed by atoms with Gasteiger partial charge >= 0.3 is 0 Å². The van der Waals surface area contributed by atoms with Gasteiger partial charge in [-0.15, -0.1) is 11.3 Å². The maximum Gasteiger partial charge on any atom is 0.268 e. The van der Waals surface area contributed by atoms with Crippen LogP contribution in [0, 0.1) is 13.8 Å². The van der Waals surface area contributed by atoms with E-state index in [4.69, 9.17) is 0 Å². The summed E-state index contributed by atoms with van der Waals surface area (Å²) in [6.45, 7) is 5.32. The van der Waals surface area contributed by atoms with Crippen molar-refractivity contribution >= 4 is 27.5 Å². The van der Waals surface area contributed by atoms with Crippen molar-refractivity contribution in [3.8, 4) is 0 Å². The second kappa shape index (κ2) is 6.67. The fourth-order valence-electron chi connectivity index (χ4n) is 3.94. The number of hydrogen-bond acceptors (Lipinski definition) is 3. The lowest BCUT2D eigenvalue weighted by atomic mass is 10.2. The van der Waals surface area contributed by atoms with Gasteiger partial charge in [-0.25, -0.2) is 0 Å². The van der Waals surface area contributed by atoms with Crippen molar-refractivity contribution in [1.29, 1.82) is 0 Å². The number of hydrogen-bond donors (Lipinski definition) is 1. The van der Waals surface area contributed by atoms with E-state index in [0.717, 1.165) is 17.1 Å². The molecule has 3 heterocycles. The quantitative estimate of drug-likeness (QED) is 0.749. The third-order valence-electron chi connectivity index (χ3n) is 5.10. The van der Waals surface area contributed by atoms with Gasteiger partial charge in [0, 0.05) is 18.3 Å². The number of carbonyl (C=O) groups excluding carboxylic acids is 1. The molecule has 5 nitrogen and oxygen atoms in total. The lowest BCUT2D eigenvalue weighted by Crippen LogP contribution is -2.30. The summed E-state index contributed by atoms with van der Waals surface area (Å²) in [4.78, 5) is 12.8. The summed E-state index contributed by atoms with van der Waals surface area (Å²) < 4.78 is 5.43. The molecule has 3 aromatic rings. The van der Waals surface area contributed by atoms with Crippen molar-refractivity contribution in [2.45, 2.75) is 52.1 Å². The van der Waals surface area contributed by atoms with Crippen molar-refractivity contribution in [2.75, 3.05) is 6.54 Å². The van der Waals surface area contributed by atoms with Gasteiger partial charge in [-0.1, -0.05) is 12.8 Å². The number of aryl methyl sites for hydroxylation is 2. The summed E-state index contributed by atoms with van der Waals surface area (Å²) in [6, 6.07) is 6.71. The van der Waals surface area contributed by atoms with E-state index in [2.05, 4.69) is 38.6 Å². The number of amides is 1. The Labute approximate surface area is 151 Å². The topological polar surface area (TPSA) is 51.9 Å². The molecular formula is C19H24N4OS. The summed E-state index contributed by atoms with van der Waals surface area (Å²) in [5.74, 6) is 0.0248. The number of carbonyl (C=O) groups is 1. The average Bonchev–Trinajstić information content (AvgIpc) is 3.31. The molecule has 0 aliphatic heterocycles. The summed E-state index contributed by atoms with van der Waals surface area (Å²) in [6.07, 6.45) is 4.86. The Hall–Kier alpha value is -2.08. The molecule has 25 heavy (non-hydrogen) atoms. The van der Waals surface area contributed by atoms with Gasteiger partial charge in [0.15, 0.2) is 0 Å². The molecular weight excluding hydrogens is 332 g/mol. The molecule has 3 aromatic heterocycles. The molecule has 0 spiro atoms. The first-order chi connectivity index (χ1) is 12.1. The number of rotatable bonds is 5. The molecule has 1 saturated carbocycles. The Morgan fingerprint density at radius 2 is 2.12 bits per heavy atom. The van der Waals surface area contributed by atoms with Gasteiger partial charge in [-0.05, 0) is 50.3 Å². The van der Waals surface area contributed by atoms with Gasteiger partial charge in [-0.3, -0.25) is 9.48 Å². The molecule has 1 fully saturated rings. The predicted octanol–water partition coefficient (Wildman–Crippen LogP) is 4.06. The molecule has 0 atom stereocenters. The van der Waals surface area contributed by atoms with Crippen LogP contribution in [0.2, 0.25) is 0 Å². The van der Waals surface area contributed by atoms with E-state index in [0.29, 0.717) is 19.1 Å². The second-order valence-corrected chi connectivity index (χ2v) is 7.86. The number of aromatic nitrogens is 3. The maximum absolute atomic E-state index is 12.8. The molecule has 4 rings (SSSR count). The Bertz CT molecular complexity index is 898. The van der Waals surface area contributed by atoms with Crippen LogP contribution in [0.1, 0.15) is 53.6 Å². The van der Waals surface area contributed by atoms with E-state index in [1.807, 2.05) is 18.5 Å². The highest BCUT2D eigenvalue weighted by molar-refractivity contribution is 7.17. The summed E-state index contributed by atoms with van der Waals surface area (Å²) >= 11 is 1.71. The molecule has 1 aliphatic carbocycles. The van der Waals surface area contributed by atoms with Crippen molar-refractivity contribution in [3.05, 3.63) is 40.7 Å². The Morgan fingerprint density at radius 1 is 1.32 bits per heavy atom. The molecule has 1 aliphatic rings. The number of nitrogens with one attached hydrogen (secondary N) is 1. The normalized spacial score (nSPS) is 15.3. The first kappa shape index (κ1) is 16.4. The highest BCUT2D eigenvalue weighted by atomic mass is 32.1. The van der Waals surface area contributed by atoms with Crippen LogP contribution in [-0.4, -0.2) is 26.8 Å². The van der Waals surface area contributed by atoms with Crippen molar-refractivity contribution < 1.29 is 4.79 Å². The standard InChI is InChI=1S/C19H24N4OS/c1-13-11-14(2)22(21-13)9-8-20-19(24)17-12-18-16(7-10-25-18)23(17)15-5-3-4-6-15/h7,10-12,15H,3-6,8-9H2,1-2H3,(H,20,24). The van der Waals surface area contributed by atoms with E-state index in [1.54, 1.807) is 11.3 Å². The largest absolute Gasteiger partial charge is 0.349 e. The first-order valence-corrected chi connectivity index (χ1v) is 9.89. The molecule has 1 N–H and O–H groups in total. The van der Waals surface area contributed by atoms with E-state index < -0.39 is 0 Å². The molecule has 0 unspecified atom stereocenters. The van der Waals surface area contributed by atoms with Crippen LogP contribution in [-0.2, 0) is 6.54 Å². The number of fused-ring (bicyclic) bond motifs is 1. The third kappa shape index (κ3) is 3.11. The summed E-state index contributed by atoms with van der Waals surface area (Å²) in [5.41, 5.74) is 4.16. The number of thiophene rings is 1. The Kier molecular flexibility index (Phi) is 4.37. The lowest BCUT2D eigenvalue weighted by Gasteiger charge is -2.17. The van der Waals surface area contributed by atoms with Gasteiger partial charge in [-0.2, -0.15) is 5.10 Å². The smallest absolute Gasteiger partial charge is 0.268 e. The first-order valence-electron chi connectivity index (χ1n) is 9.01. The lowest BCUT2D eigenvalue weighted by molar-refractivity contribution is 0.0941. The highest BCUT2D eigenvalue weighted by Gasteiger charge is 2.24. The molecule has 0 saturated heterocycles. The van der Waals surface area contributed by atoms with Crippen molar-refractivity contribution in [2.24, 2.45) is 0 Å². The van der Waals surface area contributed by atoms with E-state index in [9.17, 15) is 4.79 Å². The second-order valence-electron chi connectivity index (χ2n) is 6.91. The minimum absolute atomic E-state index is 0.0248. The third-order valence-corrected chi connectivity index (χ3v) is 5.95. The van der Waals surface area contributed by atoms with Gasteiger partial charge in [0.25, 0.3) is 5.91 Å². The maximum atomic E-state index is 12.8. The van der Waals surface area contributed by atoms with Gasteiger partial charge in [0.1, 0.15) is 5.69 Å². The molecule has 132 valence electrons. The van der Waals surface area contributed by atoms with Crippen LogP contribution in [0.5, 0.6) is 0 Å². The van der Waals surface area contributed by atoms with Crippen LogP contribution in [0.15, 0.2) is 23.6 Å². The van der Waals surface area contributed by atoms with Gasteiger partial charge in [0.05, 0.1) is 22.5 Å². The van der Waals surface area contributed by atoms with Crippen LogP contribution in [0.25, 0.3) is 10.2 Å². The van der Waals surface area contributed by atoms with Crippen LogP contribution in [0.4, 0.5) is 0 Å². The zero-order valence-electron chi connectivity index (χ0n) is 14.8. The zero-order chi connectivity index (χ0) is 17.4. The molecule has 0 bridgehead atoms. The van der Waals surface area contributed by atoms with Crippen molar-refractivity contribution in [3.63, 3.8) is 0 Å². The summed E-state index contributed by atoms with van der Waals surface area (Å²) in [7, 11) is 0. The van der Waals surface area contributed by atoms with E-state index in [-0.39, 0.29) is 5.91 Å². The van der Waals surface area contributed by atoms with Gasteiger partial charge < -0.3 is 9.88 Å². The van der Waals surface area contributed by atoms with Gasteiger partial charge in [0.2, 0.25) is 0 Å². The Morgan fingerprint density at radius 3 is 2.84 bits per heavy atom. The molecule has 1 amide bonds. The molecule has 6 heteroatoms. The fourth-order valence-corrected chi connectivity index (χ4v) is 4.75. The molecule has 0 aromatic carbocycles. The number of nitrogens with zero attached hydrogens (tertiary/aromatic N) is 3.